The van der Waals surface area contributed by atoms with Crippen LogP contribution in [0.1, 0.15) is 40.5 Å². The molecule has 26 heavy (non-hydrogen) atoms. The molecule has 8 heteroatoms. The molecule has 2 amide bonds. The average molecular weight is 428 g/mol. The van der Waals surface area contributed by atoms with Crippen molar-refractivity contribution in [1.82, 2.24) is 5.32 Å². The number of halogens is 1. The predicted octanol–water partition coefficient (Wildman–Crippen LogP) is 2.98. The minimum Gasteiger partial charge on any atom is -0.458 e. The van der Waals surface area contributed by atoms with Gasteiger partial charge < -0.3 is 21.1 Å². The van der Waals surface area contributed by atoms with Crippen LogP contribution in [-0.4, -0.2) is 35.5 Å². The van der Waals surface area contributed by atoms with Gasteiger partial charge in [0.25, 0.3) is 0 Å². The fraction of sp³-hybridized carbons (Fsp3) is 0.500. The Bertz CT molecular complexity index is 646. The Morgan fingerprint density at radius 2 is 1.81 bits per heavy atom. The van der Waals surface area contributed by atoms with Crippen LogP contribution in [0.25, 0.3) is 0 Å². The largest absolute Gasteiger partial charge is 0.458 e. The summed E-state index contributed by atoms with van der Waals surface area (Å²) in [7, 11) is 0. The molecule has 0 spiro atoms. The van der Waals surface area contributed by atoms with Gasteiger partial charge in [-0.3, -0.25) is 9.59 Å². The second-order valence-electron chi connectivity index (χ2n) is 6.52. The van der Waals surface area contributed by atoms with E-state index >= 15 is 0 Å². The van der Waals surface area contributed by atoms with Gasteiger partial charge in [-0.15, -0.1) is 0 Å². The van der Waals surface area contributed by atoms with E-state index in [4.69, 9.17) is 10.5 Å². The molecule has 0 bridgehead atoms. The van der Waals surface area contributed by atoms with Gasteiger partial charge in [-0.05, 0) is 44.5 Å². The van der Waals surface area contributed by atoms with Crippen LogP contribution in [0.3, 0.4) is 0 Å². The summed E-state index contributed by atoms with van der Waals surface area (Å²) in [5, 5.41) is 5.33. The number of amides is 2. The van der Waals surface area contributed by atoms with Crippen molar-refractivity contribution in [2.75, 3.05) is 5.32 Å². The number of ether oxygens (including phenoxy) is 1. The number of nitrogens with two attached hydrogens (primary N) is 1. The Balaban J connectivity index is 2.80. The van der Waals surface area contributed by atoms with Gasteiger partial charge in [-0.2, -0.15) is 0 Å². The Labute approximate surface area is 162 Å². The van der Waals surface area contributed by atoms with Crippen LogP contribution in [0.15, 0.2) is 28.7 Å². The minimum absolute atomic E-state index is 0.385. The molecule has 144 valence electrons. The predicted molar refractivity (Wildman–Crippen MR) is 104 cm³/mol. The van der Waals surface area contributed by atoms with Gasteiger partial charge in [0.15, 0.2) is 5.78 Å². The highest BCUT2D eigenvalue weighted by atomic mass is 79.9. The van der Waals surface area contributed by atoms with Crippen LogP contribution in [-0.2, 0) is 14.3 Å². The van der Waals surface area contributed by atoms with Crippen molar-refractivity contribution in [3.63, 3.8) is 0 Å². The number of urea groups is 1. The number of carbonyl (C=O) groups excluding carboxylic acids is 3. The zero-order valence-corrected chi connectivity index (χ0v) is 17.1. The molecule has 1 rings (SSSR count). The normalized spacial score (nSPS) is 13.5. The van der Waals surface area contributed by atoms with Crippen LogP contribution in [0.2, 0.25) is 0 Å². The number of benzene rings is 1. The Hall–Kier alpha value is -1.93. The van der Waals surface area contributed by atoms with Gasteiger partial charge in [0.05, 0.1) is 6.04 Å². The summed E-state index contributed by atoms with van der Waals surface area (Å²) < 4.78 is 6.03. The SMILES string of the molecule is CCCC(NC(=O)Nc1ccc(Br)cc1)C(=O)C(N)C(C)(C)OC(C)=O. The van der Waals surface area contributed by atoms with Crippen molar-refractivity contribution >= 4 is 39.4 Å². The molecule has 2 unspecified atom stereocenters. The molecule has 0 saturated carbocycles. The molecule has 2 atom stereocenters. The molecule has 4 N–H and O–H groups in total. The highest BCUT2D eigenvalue weighted by Gasteiger charge is 2.38. The molecule has 0 aliphatic heterocycles. The fourth-order valence-electron chi connectivity index (χ4n) is 2.43. The zero-order chi connectivity index (χ0) is 19.9. The second-order valence-corrected chi connectivity index (χ2v) is 7.44. The first-order valence-corrected chi connectivity index (χ1v) is 9.18. The van der Waals surface area contributed by atoms with E-state index in [1.165, 1.54) is 6.92 Å². The topological polar surface area (TPSA) is 111 Å². The Morgan fingerprint density at radius 1 is 1.23 bits per heavy atom. The summed E-state index contributed by atoms with van der Waals surface area (Å²) in [6.45, 7) is 6.30. The van der Waals surface area contributed by atoms with E-state index < -0.39 is 29.7 Å². The summed E-state index contributed by atoms with van der Waals surface area (Å²) in [5.41, 5.74) is 5.44. The molecule has 0 aromatic heterocycles. The van der Waals surface area contributed by atoms with Crippen molar-refractivity contribution in [1.29, 1.82) is 0 Å². The number of nitrogens with one attached hydrogen (secondary N) is 2. The van der Waals surface area contributed by atoms with Gasteiger partial charge in [0.1, 0.15) is 11.6 Å². The van der Waals surface area contributed by atoms with Crippen molar-refractivity contribution in [2.45, 2.75) is 58.2 Å². The number of carbonyl (C=O) groups is 3. The highest BCUT2D eigenvalue weighted by molar-refractivity contribution is 9.10. The van der Waals surface area contributed by atoms with Crippen LogP contribution in [0, 0.1) is 0 Å². The first kappa shape index (κ1) is 22.1. The fourth-order valence-corrected chi connectivity index (χ4v) is 2.69. The molecule has 0 heterocycles. The lowest BCUT2D eigenvalue weighted by molar-refractivity contribution is -0.157. The molecule has 1 aromatic carbocycles. The zero-order valence-electron chi connectivity index (χ0n) is 15.5. The van der Waals surface area contributed by atoms with Crippen LogP contribution >= 0.6 is 15.9 Å². The second kappa shape index (κ2) is 9.68. The number of rotatable bonds is 8. The molecular formula is C18H26BrN3O4. The van der Waals surface area contributed by atoms with Crippen molar-refractivity contribution in [2.24, 2.45) is 5.73 Å². The van der Waals surface area contributed by atoms with Crippen LogP contribution in [0.5, 0.6) is 0 Å². The summed E-state index contributed by atoms with van der Waals surface area (Å²) in [6.07, 6.45) is 1.10. The van der Waals surface area contributed by atoms with E-state index in [1.807, 2.05) is 6.92 Å². The van der Waals surface area contributed by atoms with Crippen LogP contribution < -0.4 is 16.4 Å². The number of esters is 1. The van der Waals surface area contributed by atoms with E-state index in [9.17, 15) is 14.4 Å². The lowest BCUT2D eigenvalue weighted by Gasteiger charge is -2.32. The Morgan fingerprint density at radius 3 is 2.31 bits per heavy atom. The molecular weight excluding hydrogens is 402 g/mol. The number of anilines is 1. The third kappa shape index (κ3) is 6.76. The maximum Gasteiger partial charge on any atom is 0.319 e. The number of hydrogen-bond donors (Lipinski definition) is 3. The number of Topliss-reactive ketones (excluding diaryl/α,β-unsaturated/α-hetero) is 1. The van der Waals surface area contributed by atoms with Gasteiger partial charge in [0.2, 0.25) is 0 Å². The molecule has 0 aliphatic rings. The maximum atomic E-state index is 12.7. The monoisotopic (exact) mass is 427 g/mol. The van der Waals surface area contributed by atoms with E-state index in [-0.39, 0.29) is 5.78 Å². The average Bonchev–Trinajstić information content (AvgIpc) is 2.54. The summed E-state index contributed by atoms with van der Waals surface area (Å²) in [4.78, 5) is 36.2. The Kier molecular flexibility index (Phi) is 8.23. The smallest absolute Gasteiger partial charge is 0.319 e. The lowest BCUT2D eigenvalue weighted by Crippen LogP contribution is -2.58. The van der Waals surface area contributed by atoms with Gasteiger partial charge in [-0.25, -0.2) is 4.79 Å². The first-order valence-electron chi connectivity index (χ1n) is 8.38. The third-order valence-corrected chi connectivity index (χ3v) is 4.32. The van der Waals surface area contributed by atoms with Gasteiger partial charge in [0, 0.05) is 17.1 Å². The van der Waals surface area contributed by atoms with Crippen molar-refractivity contribution < 1.29 is 19.1 Å². The van der Waals surface area contributed by atoms with Crippen molar-refractivity contribution in [3.8, 4) is 0 Å². The van der Waals surface area contributed by atoms with Crippen LogP contribution in [0.4, 0.5) is 10.5 Å². The number of ketones is 1. The molecule has 0 radical (unpaired) electrons. The van der Waals surface area contributed by atoms with Gasteiger partial charge in [-0.1, -0.05) is 29.3 Å². The molecule has 7 nitrogen and oxygen atoms in total. The first-order chi connectivity index (χ1) is 12.1. The minimum atomic E-state index is -1.17. The summed E-state index contributed by atoms with van der Waals surface area (Å²) >= 11 is 3.32. The van der Waals surface area contributed by atoms with Gasteiger partial charge >= 0.3 is 12.0 Å². The quantitative estimate of drug-likeness (QED) is 0.552. The standard InChI is InChI=1S/C18H26BrN3O4/c1-5-6-14(15(24)16(20)18(3,4)26-11(2)23)22-17(25)21-13-9-7-12(19)8-10-13/h7-10,14,16H,5-6,20H2,1-4H3,(H2,21,22,25). The van der Waals surface area contributed by atoms with E-state index in [1.54, 1.807) is 38.1 Å². The summed E-state index contributed by atoms with van der Waals surface area (Å²) in [6, 6.07) is 4.71. The maximum absolute atomic E-state index is 12.7. The van der Waals surface area contributed by atoms with E-state index in [0.29, 0.717) is 18.5 Å². The van der Waals surface area contributed by atoms with Crippen molar-refractivity contribution in [3.05, 3.63) is 28.7 Å². The lowest BCUT2D eigenvalue weighted by atomic mass is 9.90. The summed E-state index contributed by atoms with van der Waals surface area (Å²) in [5.74, 6) is -0.907. The molecule has 0 saturated heterocycles. The third-order valence-electron chi connectivity index (χ3n) is 3.79. The van der Waals surface area contributed by atoms with E-state index in [0.717, 1.165) is 4.47 Å². The number of hydrogen-bond acceptors (Lipinski definition) is 5. The molecule has 1 aromatic rings. The van der Waals surface area contributed by atoms with E-state index in [2.05, 4.69) is 26.6 Å². The highest BCUT2D eigenvalue weighted by Crippen LogP contribution is 2.18. The molecule has 0 aliphatic carbocycles. The molecule has 0 fully saturated rings.